The lowest BCUT2D eigenvalue weighted by molar-refractivity contribution is 0.737. The molecular weight excluding hydrogens is 208 g/mol. The average molecular weight is 232 g/mol. The molecule has 0 amide bonds. The predicted molar refractivity (Wildman–Crippen MR) is 76.6 cm³/mol. The van der Waals surface area contributed by atoms with Crippen LogP contribution in [0.4, 0.5) is 0 Å². The van der Waals surface area contributed by atoms with Gasteiger partial charge in [0, 0.05) is 18.1 Å². The number of imidazole rings is 1. The Morgan fingerprint density at radius 1 is 1.24 bits per heavy atom. The fourth-order valence-corrected chi connectivity index (χ4v) is 0.874. The second kappa shape index (κ2) is 8.57. The van der Waals surface area contributed by atoms with Crippen LogP contribution < -0.4 is 0 Å². The van der Waals surface area contributed by atoms with Crippen LogP contribution in [-0.2, 0) is 0 Å². The summed E-state index contributed by atoms with van der Waals surface area (Å²) in [7, 11) is 0. The smallest absolute Gasteiger partial charge is 0.0989 e. The molecule has 0 radical (unpaired) electrons. The minimum absolute atomic E-state index is 0.833. The van der Waals surface area contributed by atoms with Gasteiger partial charge in [-0.3, -0.25) is 0 Å². The molecule has 0 N–H and O–H groups in total. The van der Waals surface area contributed by atoms with Crippen LogP contribution in [-0.4, -0.2) is 9.55 Å². The van der Waals surface area contributed by atoms with E-state index in [0.717, 1.165) is 17.2 Å². The number of hydrogen-bond acceptors (Lipinski definition) is 1. The Labute approximate surface area is 105 Å². The lowest BCUT2D eigenvalue weighted by Gasteiger charge is -1.98. The standard InChI is InChI=1S/C11H14N2.C4H10/c1-4-10(2)5-6-11(3)13-8-7-12-9-13;1-4(2)3/h4-9H,1H2,2-3H3;4H,1-3H3/b10-5-,11-6+;. The van der Waals surface area contributed by atoms with Crippen molar-refractivity contribution in [1.82, 2.24) is 9.55 Å². The van der Waals surface area contributed by atoms with Crippen molar-refractivity contribution in [3.8, 4) is 0 Å². The molecule has 0 fully saturated rings. The SMILES string of the molecule is C=C/C(C)=C\C=C(/C)n1ccnc1.CC(C)C. The second-order valence-electron chi connectivity index (χ2n) is 4.62. The lowest BCUT2D eigenvalue weighted by Crippen LogP contribution is -1.87. The first kappa shape index (κ1) is 15.4. The Morgan fingerprint density at radius 3 is 2.24 bits per heavy atom. The molecule has 17 heavy (non-hydrogen) atoms. The van der Waals surface area contributed by atoms with E-state index in [9.17, 15) is 0 Å². The minimum atomic E-state index is 0.833. The topological polar surface area (TPSA) is 17.8 Å². The zero-order valence-electron chi connectivity index (χ0n) is 11.6. The number of aromatic nitrogens is 2. The van der Waals surface area contributed by atoms with Gasteiger partial charge in [-0.05, 0) is 25.8 Å². The van der Waals surface area contributed by atoms with Crippen LogP contribution in [0.3, 0.4) is 0 Å². The zero-order chi connectivity index (χ0) is 13.3. The Morgan fingerprint density at radius 2 is 1.82 bits per heavy atom. The molecule has 1 rings (SSSR count). The zero-order valence-corrected chi connectivity index (χ0v) is 11.6. The van der Waals surface area contributed by atoms with Gasteiger partial charge in [0.05, 0.1) is 6.33 Å². The molecule has 0 bridgehead atoms. The molecule has 1 aromatic heterocycles. The summed E-state index contributed by atoms with van der Waals surface area (Å²) >= 11 is 0. The fourth-order valence-electron chi connectivity index (χ4n) is 0.874. The monoisotopic (exact) mass is 232 g/mol. The van der Waals surface area contributed by atoms with Gasteiger partial charge >= 0.3 is 0 Å². The van der Waals surface area contributed by atoms with Crippen molar-refractivity contribution in [2.75, 3.05) is 0 Å². The molecule has 0 atom stereocenters. The molecule has 0 saturated carbocycles. The van der Waals surface area contributed by atoms with Gasteiger partial charge in [-0.2, -0.15) is 0 Å². The Hall–Kier alpha value is -1.57. The normalized spacial score (nSPS) is 12.1. The largest absolute Gasteiger partial charge is 0.310 e. The highest BCUT2D eigenvalue weighted by atomic mass is 15.0. The predicted octanol–water partition coefficient (Wildman–Crippen LogP) is 4.54. The Bertz CT molecular complexity index is 365. The third kappa shape index (κ3) is 8.26. The van der Waals surface area contributed by atoms with Gasteiger partial charge in [-0.15, -0.1) is 0 Å². The molecular formula is C15H24N2. The fraction of sp³-hybridized carbons (Fsp3) is 0.400. The first-order valence-electron chi connectivity index (χ1n) is 5.93. The van der Waals surface area contributed by atoms with Crippen LogP contribution in [0.5, 0.6) is 0 Å². The van der Waals surface area contributed by atoms with Gasteiger partial charge < -0.3 is 4.57 Å². The Kier molecular flexibility index (Phi) is 7.78. The third-order valence-corrected chi connectivity index (χ3v) is 1.82. The highest BCUT2D eigenvalue weighted by molar-refractivity contribution is 5.46. The summed E-state index contributed by atoms with van der Waals surface area (Å²) in [6, 6.07) is 0. The molecule has 1 aromatic rings. The minimum Gasteiger partial charge on any atom is -0.310 e. The van der Waals surface area contributed by atoms with E-state index in [1.165, 1.54) is 0 Å². The summed E-state index contributed by atoms with van der Waals surface area (Å²) in [6.07, 6.45) is 11.4. The average Bonchev–Trinajstić information content (AvgIpc) is 2.77. The molecule has 0 aliphatic rings. The number of hydrogen-bond donors (Lipinski definition) is 0. The maximum atomic E-state index is 3.97. The van der Waals surface area contributed by atoms with Crippen LogP contribution in [0.15, 0.2) is 49.1 Å². The van der Waals surface area contributed by atoms with Crippen molar-refractivity contribution in [1.29, 1.82) is 0 Å². The summed E-state index contributed by atoms with van der Waals surface area (Å²) in [5, 5.41) is 0. The van der Waals surface area contributed by atoms with E-state index in [4.69, 9.17) is 0 Å². The summed E-state index contributed by atoms with van der Waals surface area (Å²) in [5.41, 5.74) is 2.29. The van der Waals surface area contributed by atoms with E-state index in [1.54, 1.807) is 12.5 Å². The number of rotatable bonds is 3. The van der Waals surface area contributed by atoms with Gasteiger partial charge in [0.25, 0.3) is 0 Å². The molecule has 0 saturated heterocycles. The van der Waals surface area contributed by atoms with Gasteiger partial charge in [-0.1, -0.05) is 45.1 Å². The van der Waals surface area contributed by atoms with Gasteiger partial charge in [0.15, 0.2) is 0 Å². The van der Waals surface area contributed by atoms with E-state index in [0.29, 0.717) is 0 Å². The first-order chi connectivity index (χ1) is 7.97. The van der Waals surface area contributed by atoms with E-state index >= 15 is 0 Å². The first-order valence-corrected chi connectivity index (χ1v) is 5.93. The molecule has 0 spiro atoms. The van der Waals surface area contributed by atoms with Crippen LogP contribution in [0.25, 0.3) is 5.70 Å². The lowest BCUT2D eigenvalue weighted by atomic mass is 10.2. The van der Waals surface area contributed by atoms with Crippen LogP contribution in [0.1, 0.15) is 34.6 Å². The summed E-state index contributed by atoms with van der Waals surface area (Å²) in [4.78, 5) is 3.97. The molecule has 2 heteroatoms. The van der Waals surface area contributed by atoms with E-state index in [-0.39, 0.29) is 0 Å². The second-order valence-corrected chi connectivity index (χ2v) is 4.62. The molecule has 1 heterocycles. The van der Waals surface area contributed by atoms with Crippen LogP contribution >= 0.6 is 0 Å². The summed E-state index contributed by atoms with van der Waals surface area (Å²) < 4.78 is 1.97. The molecule has 94 valence electrons. The van der Waals surface area contributed by atoms with Gasteiger partial charge in [-0.25, -0.2) is 4.98 Å². The summed E-state index contributed by atoms with van der Waals surface area (Å²) in [6.45, 7) is 14.2. The molecule has 0 aliphatic heterocycles. The van der Waals surface area contributed by atoms with Crippen molar-refractivity contribution < 1.29 is 0 Å². The highest BCUT2D eigenvalue weighted by Gasteiger charge is 1.89. The van der Waals surface area contributed by atoms with E-state index < -0.39 is 0 Å². The van der Waals surface area contributed by atoms with E-state index in [2.05, 4.69) is 32.3 Å². The van der Waals surface area contributed by atoms with Crippen molar-refractivity contribution >= 4 is 5.70 Å². The quantitative estimate of drug-likeness (QED) is 0.700. The third-order valence-electron chi connectivity index (χ3n) is 1.82. The summed E-state index contributed by atoms with van der Waals surface area (Å²) in [5.74, 6) is 0.833. The molecule has 2 nitrogen and oxygen atoms in total. The number of nitrogens with zero attached hydrogens (tertiary/aromatic N) is 2. The number of allylic oxidation sites excluding steroid dienone is 5. The van der Waals surface area contributed by atoms with Crippen molar-refractivity contribution in [2.24, 2.45) is 5.92 Å². The van der Waals surface area contributed by atoms with Crippen molar-refractivity contribution in [3.63, 3.8) is 0 Å². The van der Waals surface area contributed by atoms with Gasteiger partial charge in [0.1, 0.15) is 0 Å². The van der Waals surface area contributed by atoms with Crippen LogP contribution in [0, 0.1) is 5.92 Å². The van der Waals surface area contributed by atoms with E-state index in [1.807, 2.05) is 42.8 Å². The molecule has 0 aliphatic carbocycles. The highest BCUT2D eigenvalue weighted by Crippen LogP contribution is 2.03. The Balaban J connectivity index is 0.000000557. The van der Waals surface area contributed by atoms with Crippen LogP contribution in [0.2, 0.25) is 0 Å². The maximum absolute atomic E-state index is 3.97. The van der Waals surface area contributed by atoms with Crippen molar-refractivity contribution in [2.45, 2.75) is 34.6 Å². The van der Waals surface area contributed by atoms with Crippen molar-refractivity contribution in [3.05, 3.63) is 49.1 Å². The van der Waals surface area contributed by atoms with Gasteiger partial charge in [0.2, 0.25) is 0 Å². The maximum Gasteiger partial charge on any atom is 0.0989 e. The molecule has 0 aromatic carbocycles. The molecule has 0 unspecified atom stereocenters.